The maximum atomic E-state index is 12.2. The monoisotopic (exact) mass is 343 g/mol. The molecule has 0 aromatic heterocycles. The van der Waals surface area contributed by atoms with Gasteiger partial charge in [0.15, 0.2) is 0 Å². The molecular weight excluding hydrogens is 322 g/mol. The van der Waals surface area contributed by atoms with E-state index in [-0.39, 0.29) is 23.2 Å². The molecule has 1 saturated heterocycles. The number of likely N-dealkylation sites (tertiary alicyclic amines) is 1. The van der Waals surface area contributed by atoms with Crippen LogP contribution in [0.5, 0.6) is 5.75 Å². The molecule has 7 heteroatoms. The van der Waals surface area contributed by atoms with Crippen LogP contribution in [0.15, 0.2) is 36.0 Å². The highest BCUT2D eigenvalue weighted by Crippen LogP contribution is 2.20. The third kappa shape index (κ3) is 5.24. The molecule has 1 aliphatic heterocycles. The second kappa shape index (κ2) is 8.73. The van der Waals surface area contributed by atoms with Gasteiger partial charge in [-0.1, -0.05) is 6.07 Å². The predicted molar refractivity (Wildman–Crippen MR) is 91.4 cm³/mol. The molecule has 1 atom stereocenters. The SMILES string of the molecule is CCOC(=O)C1CCCN(/C=C(/C#N)C(=O)Nc2cccc(O)c2)C1. The molecule has 25 heavy (non-hydrogen) atoms. The number of nitriles is 1. The van der Waals surface area contributed by atoms with Crippen LogP contribution >= 0.6 is 0 Å². The molecule has 1 aromatic rings. The van der Waals surface area contributed by atoms with Crippen LogP contribution in [0.3, 0.4) is 0 Å². The zero-order valence-electron chi connectivity index (χ0n) is 14.1. The van der Waals surface area contributed by atoms with Gasteiger partial charge in [0.2, 0.25) is 0 Å². The number of esters is 1. The number of aromatic hydroxyl groups is 1. The standard InChI is InChI=1S/C18H21N3O4/c1-2-25-18(24)13-5-4-8-21(11-13)12-14(10-19)17(23)20-15-6-3-7-16(22)9-15/h3,6-7,9,12-13,22H,2,4-5,8,11H2,1H3,(H,20,23)/b14-12-. The van der Waals surface area contributed by atoms with E-state index in [9.17, 15) is 20.0 Å². The van der Waals surface area contributed by atoms with Gasteiger partial charge in [0.1, 0.15) is 17.4 Å². The average molecular weight is 343 g/mol. The number of ether oxygens (including phenoxy) is 1. The predicted octanol–water partition coefficient (Wildman–Crippen LogP) is 2.01. The Bertz CT molecular complexity index is 709. The number of phenolic OH excluding ortho intramolecular Hbond substituents is 1. The normalized spacial score (nSPS) is 17.5. The molecule has 0 radical (unpaired) electrons. The zero-order valence-corrected chi connectivity index (χ0v) is 14.1. The largest absolute Gasteiger partial charge is 0.508 e. The molecule has 2 rings (SSSR count). The van der Waals surface area contributed by atoms with Crippen LogP contribution in [-0.4, -0.2) is 41.6 Å². The molecule has 1 aromatic carbocycles. The number of anilines is 1. The van der Waals surface area contributed by atoms with Crippen molar-refractivity contribution in [1.82, 2.24) is 4.90 Å². The first-order valence-electron chi connectivity index (χ1n) is 8.16. The molecule has 1 unspecified atom stereocenters. The maximum Gasteiger partial charge on any atom is 0.310 e. The number of piperidine rings is 1. The Hall–Kier alpha value is -3.01. The first-order valence-corrected chi connectivity index (χ1v) is 8.16. The third-order valence-electron chi connectivity index (χ3n) is 3.85. The summed E-state index contributed by atoms with van der Waals surface area (Å²) in [4.78, 5) is 25.9. The first kappa shape index (κ1) is 18.3. The van der Waals surface area contributed by atoms with Crippen molar-refractivity contribution in [2.45, 2.75) is 19.8 Å². The minimum absolute atomic E-state index is 0.0218. The lowest BCUT2D eigenvalue weighted by molar-refractivity contribution is -0.149. The number of nitrogens with zero attached hydrogens (tertiary/aromatic N) is 2. The van der Waals surface area contributed by atoms with Gasteiger partial charge < -0.3 is 20.1 Å². The Morgan fingerprint density at radius 1 is 1.52 bits per heavy atom. The van der Waals surface area contributed by atoms with Crippen molar-refractivity contribution in [3.05, 3.63) is 36.0 Å². The Morgan fingerprint density at radius 3 is 3.00 bits per heavy atom. The van der Waals surface area contributed by atoms with Gasteiger partial charge >= 0.3 is 5.97 Å². The van der Waals surface area contributed by atoms with Gasteiger partial charge in [0.25, 0.3) is 5.91 Å². The molecule has 1 fully saturated rings. The number of benzene rings is 1. The number of rotatable bonds is 5. The lowest BCUT2D eigenvalue weighted by atomic mass is 9.98. The van der Waals surface area contributed by atoms with E-state index in [4.69, 9.17) is 4.74 Å². The van der Waals surface area contributed by atoms with Crippen LogP contribution in [0.4, 0.5) is 5.69 Å². The summed E-state index contributed by atoms with van der Waals surface area (Å²) in [6.45, 7) is 3.18. The summed E-state index contributed by atoms with van der Waals surface area (Å²) in [6, 6.07) is 7.97. The topological polar surface area (TPSA) is 103 Å². The minimum Gasteiger partial charge on any atom is -0.508 e. The number of nitrogens with one attached hydrogen (secondary N) is 1. The molecule has 7 nitrogen and oxygen atoms in total. The summed E-state index contributed by atoms with van der Waals surface area (Å²) in [5.41, 5.74) is 0.335. The van der Waals surface area contributed by atoms with Crippen LogP contribution < -0.4 is 5.32 Å². The molecule has 0 saturated carbocycles. The van der Waals surface area contributed by atoms with E-state index in [1.54, 1.807) is 24.0 Å². The van der Waals surface area contributed by atoms with Gasteiger partial charge in [-0.15, -0.1) is 0 Å². The van der Waals surface area contributed by atoms with Crippen molar-refractivity contribution in [2.75, 3.05) is 25.0 Å². The second-order valence-corrected chi connectivity index (χ2v) is 5.75. The molecule has 1 heterocycles. The highest BCUT2D eigenvalue weighted by Gasteiger charge is 2.26. The van der Waals surface area contributed by atoms with Gasteiger partial charge in [0.05, 0.1) is 12.5 Å². The van der Waals surface area contributed by atoms with Crippen LogP contribution in [0.2, 0.25) is 0 Å². The summed E-state index contributed by atoms with van der Waals surface area (Å²) in [5, 5.41) is 21.3. The van der Waals surface area contributed by atoms with Crippen molar-refractivity contribution in [2.24, 2.45) is 5.92 Å². The summed E-state index contributed by atoms with van der Waals surface area (Å²) >= 11 is 0. The quantitative estimate of drug-likeness (QED) is 0.482. The van der Waals surface area contributed by atoms with E-state index < -0.39 is 5.91 Å². The second-order valence-electron chi connectivity index (χ2n) is 5.75. The summed E-state index contributed by atoms with van der Waals surface area (Å²) < 4.78 is 5.04. The minimum atomic E-state index is -0.564. The van der Waals surface area contributed by atoms with Gasteiger partial charge in [-0.25, -0.2) is 0 Å². The lowest BCUT2D eigenvalue weighted by Crippen LogP contribution is -2.37. The van der Waals surface area contributed by atoms with Crippen LogP contribution in [-0.2, 0) is 14.3 Å². The molecule has 0 spiro atoms. The molecule has 132 valence electrons. The Morgan fingerprint density at radius 2 is 2.32 bits per heavy atom. The van der Waals surface area contributed by atoms with E-state index in [1.165, 1.54) is 18.3 Å². The summed E-state index contributed by atoms with van der Waals surface area (Å²) in [6.07, 6.45) is 3.00. The molecule has 1 aliphatic rings. The first-order chi connectivity index (χ1) is 12.0. The number of hydrogen-bond donors (Lipinski definition) is 2. The van der Waals surface area contributed by atoms with Crippen molar-refractivity contribution in [3.63, 3.8) is 0 Å². The van der Waals surface area contributed by atoms with Crippen LogP contribution in [0, 0.1) is 17.2 Å². The zero-order chi connectivity index (χ0) is 18.2. The van der Waals surface area contributed by atoms with Gasteiger partial charge in [-0.05, 0) is 31.9 Å². The number of amides is 1. The van der Waals surface area contributed by atoms with Crippen molar-refractivity contribution >= 4 is 17.6 Å². The fourth-order valence-corrected chi connectivity index (χ4v) is 2.68. The molecule has 2 N–H and O–H groups in total. The fourth-order valence-electron chi connectivity index (χ4n) is 2.68. The lowest BCUT2D eigenvalue weighted by Gasteiger charge is -2.30. The fraction of sp³-hybridized carbons (Fsp3) is 0.389. The summed E-state index contributed by atoms with van der Waals surface area (Å²) in [7, 11) is 0. The molecule has 0 aliphatic carbocycles. The smallest absolute Gasteiger partial charge is 0.310 e. The van der Waals surface area contributed by atoms with E-state index in [1.807, 2.05) is 6.07 Å². The van der Waals surface area contributed by atoms with Gasteiger partial charge in [-0.3, -0.25) is 9.59 Å². The Kier molecular flexibility index (Phi) is 6.40. The van der Waals surface area contributed by atoms with Crippen molar-refractivity contribution in [3.8, 4) is 11.8 Å². The third-order valence-corrected chi connectivity index (χ3v) is 3.85. The van der Waals surface area contributed by atoms with Gasteiger partial charge in [-0.2, -0.15) is 5.26 Å². The van der Waals surface area contributed by atoms with Crippen LogP contribution in [0.1, 0.15) is 19.8 Å². The molecular formula is C18H21N3O4. The number of carbonyl (C=O) groups is 2. The number of phenols is 1. The van der Waals surface area contributed by atoms with Crippen LogP contribution in [0.25, 0.3) is 0 Å². The van der Waals surface area contributed by atoms with Crippen molar-refractivity contribution < 1.29 is 19.4 Å². The molecule has 1 amide bonds. The maximum absolute atomic E-state index is 12.2. The number of carbonyl (C=O) groups excluding carboxylic acids is 2. The highest BCUT2D eigenvalue weighted by molar-refractivity contribution is 6.06. The highest BCUT2D eigenvalue weighted by atomic mass is 16.5. The number of hydrogen-bond acceptors (Lipinski definition) is 6. The Labute approximate surface area is 146 Å². The Balaban J connectivity index is 2.04. The summed E-state index contributed by atoms with van der Waals surface area (Å²) in [5.74, 6) is -1.04. The van der Waals surface area contributed by atoms with E-state index >= 15 is 0 Å². The van der Waals surface area contributed by atoms with Gasteiger partial charge in [0, 0.05) is 31.0 Å². The average Bonchev–Trinajstić information content (AvgIpc) is 2.60. The molecule has 0 bridgehead atoms. The van der Waals surface area contributed by atoms with E-state index in [0.717, 1.165) is 12.8 Å². The van der Waals surface area contributed by atoms with Crippen molar-refractivity contribution in [1.29, 1.82) is 5.26 Å². The van der Waals surface area contributed by atoms with E-state index in [0.29, 0.717) is 25.4 Å². The van der Waals surface area contributed by atoms with E-state index in [2.05, 4.69) is 5.32 Å².